The third kappa shape index (κ3) is 3.04. The van der Waals surface area contributed by atoms with Crippen molar-refractivity contribution in [2.75, 3.05) is 5.32 Å². The van der Waals surface area contributed by atoms with Gasteiger partial charge in [0.1, 0.15) is 5.82 Å². The van der Waals surface area contributed by atoms with Gasteiger partial charge >= 0.3 is 0 Å². The van der Waals surface area contributed by atoms with Crippen molar-refractivity contribution in [2.24, 2.45) is 0 Å². The number of hydrogen-bond acceptors (Lipinski definition) is 3. The van der Waals surface area contributed by atoms with Gasteiger partial charge in [0.25, 0.3) is 5.91 Å². The van der Waals surface area contributed by atoms with Gasteiger partial charge in [0.2, 0.25) is 5.78 Å². The summed E-state index contributed by atoms with van der Waals surface area (Å²) in [6.07, 6.45) is 5.43. The Hall–Kier alpha value is -3.54. The Balaban J connectivity index is 1.61. The molecule has 1 amide bonds. The van der Waals surface area contributed by atoms with E-state index < -0.39 is 5.82 Å². The van der Waals surface area contributed by atoms with Crippen molar-refractivity contribution in [1.82, 2.24) is 14.4 Å². The topological polar surface area (TPSA) is 59.3 Å². The highest BCUT2D eigenvalue weighted by atomic mass is 19.1. The van der Waals surface area contributed by atoms with E-state index in [1.807, 2.05) is 41.1 Å². The molecule has 0 bridgehead atoms. The average Bonchev–Trinajstić information content (AvgIpc) is 3.08. The normalized spacial score (nSPS) is 10.8. The monoisotopic (exact) mass is 346 g/mol. The maximum absolute atomic E-state index is 13.7. The number of carbonyl (C=O) groups is 1. The van der Waals surface area contributed by atoms with Crippen LogP contribution in [0.15, 0.2) is 67.1 Å². The molecule has 0 radical (unpaired) electrons. The van der Waals surface area contributed by atoms with Crippen molar-refractivity contribution in [1.29, 1.82) is 0 Å². The standard InChI is InChI=1S/C20H15FN4O/c1-13-6-7-15(11-17(13)21)19(26)23-16-5-2-4-14(10-16)18-12-25-9-3-8-22-20(25)24-18/h2-12H,1H3,(H,23,26). The number of halogens is 1. The van der Waals surface area contributed by atoms with Crippen LogP contribution < -0.4 is 5.32 Å². The summed E-state index contributed by atoms with van der Waals surface area (Å²) in [6.45, 7) is 1.66. The fourth-order valence-electron chi connectivity index (χ4n) is 2.66. The van der Waals surface area contributed by atoms with Gasteiger partial charge in [-0.2, -0.15) is 0 Å². The minimum Gasteiger partial charge on any atom is -0.322 e. The number of fused-ring (bicyclic) bond motifs is 1. The van der Waals surface area contributed by atoms with Crippen molar-refractivity contribution >= 4 is 17.4 Å². The summed E-state index contributed by atoms with van der Waals surface area (Å²) < 4.78 is 15.5. The molecule has 1 N–H and O–H groups in total. The lowest BCUT2D eigenvalue weighted by Gasteiger charge is -2.07. The second kappa shape index (κ2) is 6.40. The summed E-state index contributed by atoms with van der Waals surface area (Å²) in [4.78, 5) is 21.0. The van der Waals surface area contributed by atoms with E-state index in [9.17, 15) is 9.18 Å². The minimum atomic E-state index is -0.399. The number of aryl methyl sites for hydroxylation is 1. The van der Waals surface area contributed by atoms with Gasteiger partial charge in [-0.3, -0.25) is 9.20 Å². The van der Waals surface area contributed by atoms with Gasteiger partial charge in [0.15, 0.2) is 0 Å². The van der Waals surface area contributed by atoms with Crippen molar-refractivity contribution < 1.29 is 9.18 Å². The average molecular weight is 346 g/mol. The van der Waals surface area contributed by atoms with Crippen molar-refractivity contribution in [3.05, 3.63) is 84.1 Å². The molecule has 2 aromatic carbocycles. The van der Waals surface area contributed by atoms with Crippen LogP contribution in [0.5, 0.6) is 0 Å². The molecular formula is C20H15FN4O. The van der Waals surface area contributed by atoms with Gasteiger partial charge in [0, 0.05) is 35.4 Å². The van der Waals surface area contributed by atoms with E-state index in [1.54, 1.807) is 31.3 Å². The second-order valence-electron chi connectivity index (χ2n) is 5.95. The number of rotatable bonds is 3. The fraction of sp³-hybridized carbons (Fsp3) is 0.0500. The van der Waals surface area contributed by atoms with Crippen LogP contribution in [0.3, 0.4) is 0 Å². The molecule has 2 heterocycles. The van der Waals surface area contributed by atoms with Crippen molar-refractivity contribution in [3.8, 4) is 11.3 Å². The molecule has 0 aliphatic rings. The number of nitrogens with one attached hydrogen (secondary N) is 1. The number of aromatic nitrogens is 3. The number of nitrogens with zero attached hydrogens (tertiary/aromatic N) is 3. The molecule has 0 spiro atoms. The molecule has 4 aromatic rings. The first-order valence-electron chi connectivity index (χ1n) is 8.08. The summed E-state index contributed by atoms with van der Waals surface area (Å²) in [7, 11) is 0. The van der Waals surface area contributed by atoms with Crippen LogP contribution in [0, 0.1) is 12.7 Å². The van der Waals surface area contributed by atoms with Gasteiger partial charge in [-0.15, -0.1) is 0 Å². The van der Waals surface area contributed by atoms with E-state index in [-0.39, 0.29) is 11.5 Å². The smallest absolute Gasteiger partial charge is 0.255 e. The first-order valence-corrected chi connectivity index (χ1v) is 8.08. The Morgan fingerprint density at radius 1 is 1.15 bits per heavy atom. The van der Waals surface area contributed by atoms with Crippen LogP contribution in [-0.4, -0.2) is 20.3 Å². The quantitative estimate of drug-likeness (QED) is 0.608. The van der Waals surface area contributed by atoms with Gasteiger partial charge in [-0.1, -0.05) is 18.2 Å². The lowest BCUT2D eigenvalue weighted by Crippen LogP contribution is -2.12. The molecule has 0 unspecified atom stereocenters. The molecule has 6 heteroatoms. The van der Waals surface area contributed by atoms with Crippen molar-refractivity contribution in [2.45, 2.75) is 6.92 Å². The third-order valence-electron chi connectivity index (χ3n) is 4.09. The largest absolute Gasteiger partial charge is 0.322 e. The second-order valence-corrected chi connectivity index (χ2v) is 5.95. The molecule has 0 saturated carbocycles. The Labute approximate surface area is 149 Å². The molecule has 0 fully saturated rings. The molecule has 4 rings (SSSR count). The number of benzene rings is 2. The third-order valence-corrected chi connectivity index (χ3v) is 4.09. The number of carbonyl (C=O) groups excluding carboxylic acids is 1. The van der Waals surface area contributed by atoms with E-state index in [4.69, 9.17) is 0 Å². The molecule has 2 aromatic heterocycles. The molecule has 0 aliphatic carbocycles. The first-order chi connectivity index (χ1) is 12.6. The Morgan fingerprint density at radius 2 is 2.04 bits per heavy atom. The van der Waals surface area contributed by atoms with E-state index in [1.165, 1.54) is 6.07 Å². The predicted octanol–water partition coefficient (Wildman–Crippen LogP) is 4.10. The zero-order chi connectivity index (χ0) is 18.1. The summed E-state index contributed by atoms with van der Waals surface area (Å²) in [5.74, 6) is -0.159. The molecular weight excluding hydrogens is 331 g/mol. The van der Waals surface area contributed by atoms with Crippen LogP contribution >= 0.6 is 0 Å². The van der Waals surface area contributed by atoms with E-state index >= 15 is 0 Å². The highest BCUT2D eigenvalue weighted by Gasteiger charge is 2.10. The van der Waals surface area contributed by atoms with Crippen LogP contribution in [0.25, 0.3) is 17.0 Å². The van der Waals surface area contributed by atoms with E-state index in [0.29, 0.717) is 17.0 Å². The molecule has 26 heavy (non-hydrogen) atoms. The van der Waals surface area contributed by atoms with Gasteiger partial charge in [-0.25, -0.2) is 14.4 Å². The summed E-state index contributed by atoms with van der Waals surface area (Å²) >= 11 is 0. The number of amides is 1. The highest BCUT2D eigenvalue weighted by Crippen LogP contribution is 2.22. The predicted molar refractivity (Wildman–Crippen MR) is 97.5 cm³/mol. The SMILES string of the molecule is Cc1ccc(C(=O)Nc2cccc(-c3cn4cccnc4n3)c2)cc1F. The molecule has 5 nitrogen and oxygen atoms in total. The number of hydrogen-bond donors (Lipinski definition) is 1. The van der Waals surface area contributed by atoms with Gasteiger partial charge < -0.3 is 5.32 Å². The summed E-state index contributed by atoms with van der Waals surface area (Å²) in [5.41, 5.74) is 2.99. The van der Waals surface area contributed by atoms with Crippen LogP contribution in [0.2, 0.25) is 0 Å². The Bertz CT molecular complexity index is 1090. The lowest BCUT2D eigenvalue weighted by molar-refractivity contribution is 0.102. The zero-order valence-corrected chi connectivity index (χ0v) is 14.0. The minimum absolute atomic E-state index is 0.274. The fourth-order valence-corrected chi connectivity index (χ4v) is 2.66. The maximum atomic E-state index is 13.7. The van der Waals surface area contributed by atoms with Gasteiger partial charge in [-0.05, 0) is 42.8 Å². The van der Waals surface area contributed by atoms with Crippen LogP contribution in [0.4, 0.5) is 10.1 Å². The van der Waals surface area contributed by atoms with Gasteiger partial charge in [0.05, 0.1) is 5.69 Å². The maximum Gasteiger partial charge on any atom is 0.255 e. The molecule has 0 saturated heterocycles. The highest BCUT2D eigenvalue weighted by molar-refractivity contribution is 6.04. The molecule has 0 atom stereocenters. The van der Waals surface area contributed by atoms with E-state index in [0.717, 1.165) is 11.3 Å². The first kappa shape index (κ1) is 16.0. The lowest BCUT2D eigenvalue weighted by atomic mass is 10.1. The van der Waals surface area contributed by atoms with Crippen LogP contribution in [0.1, 0.15) is 15.9 Å². The zero-order valence-electron chi connectivity index (χ0n) is 14.0. The Morgan fingerprint density at radius 3 is 2.85 bits per heavy atom. The summed E-state index contributed by atoms with van der Waals surface area (Å²) in [6, 6.07) is 13.6. The van der Waals surface area contributed by atoms with Crippen molar-refractivity contribution in [3.63, 3.8) is 0 Å². The molecule has 128 valence electrons. The van der Waals surface area contributed by atoms with Crippen LogP contribution in [-0.2, 0) is 0 Å². The summed E-state index contributed by atoms with van der Waals surface area (Å²) in [5, 5.41) is 2.79. The van der Waals surface area contributed by atoms with E-state index in [2.05, 4.69) is 15.3 Å². The number of anilines is 1. The Kier molecular flexibility index (Phi) is 3.93. The number of imidazole rings is 1. The molecule has 0 aliphatic heterocycles.